The van der Waals surface area contributed by atoms with Crippen LogP contribution in [0, 0.1) is 0 Å². The van der Waals surface area contributed by atoms with Crippen molar-refractivity contribution in [1.82, 2.24) is 9.55 Å². The van der Waals surface area contributed by atoms with E-state index in [2.05, 4.69) is 4.98 Å². The maximum atomic E-state index is 11.5. The number of phenolic OH excluding ortho intramolecular Hbond substituents is 1. The molecule has 6 heteroatoms. The molecule has 0 fully saturated rings. The van der Waals surface area contributed by atoms with Crippen LogP contribution in [0.25, 0.3) is 0 Å². The van der Waals surface area contributed by atoms with E-state index in [1.54, 1.807) is 24.5 Å². The molecule has 0 spiro atoms. The smallest absolute Gasteiger partial charge is 0.223 e. The van der Waals surface area contributed by atoms with Crippen LogP contribution in [0.3, 0.4) is 0 Å². The summed E-state index contributed by atoms with van der Waals surface area (Å²) in [7, 11) is 0. The Morgan fingerprint density at radius 1 is 1.12 bits per heavy atom. The van der Waals surface area contributed by atoms with Crippen molar-refractivity contribution in [2.45, 2.75) is 19.4 Å². The molecule has 128 valence electrons. The van der Waals surface area contributed by atoms with Crippen molar-refractivity contribution in [2.24, 2.45) is 5.73 Å². The number of hydrogen-bond donors (Lipinski definition) is 3. The first-order valence-corrected chi connectivity index (χ1v) is 7.95. The summed E-state index contributed by atoms with van der Waals surface area (Å²) in [4.78, 5) is 16.0. The summed E-state index contributed by atoms with van der Waals surface area (Å²) in [6.07, 6.45) is 2.41. The second-order valence-electron chi connectivity index (χ2n) is 6.00. The Hall–Kier alpha value is -3.28. The van der Waals surface area contributed by atoms with Gasteiger partial charge in [0.1, 0.15) is 5.75 Å². The zero-order valence-corrected chi connectivity index (χ0v) is 13.7. The molecular formula is C19H20N4O2. The summed E-state index contributed by atoms with van der Waals surface area (Å²) in [5, 5.41) is 9.62. The van der Waals surface area contributed by atoms with Crippen molar-refractivity contribution in [3.63, 3.8) is 0 Å². The second kappa shape index (κ2) is 7.09. The standard InChI is InChI=1S/C19H20N4O2/c20-15-6-4-13(5-7-15)9-17-18(10-19(21)25)23(12-22-17)11-14-2-1-3-16(24)8-14/h1-8,12,24H,9-11,20H2,(H2,21,25). The van der Waals surface area contributed by atoms with Gasteiger partial charge in [0.15, 0.2) is 0 Å². The van der Waals surface area contributed by atoms with E-state index in [1.165, 1.54) is 0 Å². The van der Waals surface area contributed by atoms with Gasteiger partial charge < -0.3 is 21.1 Å². The average Bonchev–Trinajstić information content (AvgIpc) is 2.91. The Morgan fingerprint density at radius 2 is 1.88 bits per heavy atom. The fourth-order valence-corrected chi connectivity index (χ4v) is 2.78. The minimum Gasteiger partial charge on any atom is -0.508 e. The number of carbonyl (C=O) groups is 1. The van der Waals surface area contributed by atoms with Gasteiger partial charge in [0, 0.05) is 18.7 Å². The summed E-state index contributed by atoms with van der Waals surface area (Å²) in [6.45, 7) is 0.506. The highest BCUT2D eigenvalue weighted by Gasteiger charge is 2.14. The van der Waals surface area contributed by atoms with Crippen LogP contribution in [-0.2, 0) is 24.2 Å². The van der Waals surface area contributed by atoms with Crippen LogP contribution in [0.4, 0.5) is 5.69 Å². The minimum absolute atomic E-state index is 0.114. The number of nitrogen functional groups attached to an aromatic ring is 1. The van der Waals surface area contributed by atoms with Gasteiger partial charge in [-0.25, -0.2) is 4.98 Å². The quantitative estimate of drug-likeness (QED) is 0.597. The van der Waals surface area contributed by atoms with E-state index < -0.39 is 5.91 Å². The van der Waals surface area contributed by atoms with E-state index >= 15 is 0 Å². The number of rotatable bonds is 6. The number of amides is 1. The molecule has 1 amide bonds. The summed E-state index contributed by atoms with van der Waals surface area (Å²) in [5.74, 6) is -0.202. The van der Waals surface area contributed by atoms with Crippen molar-refractivity contribution >= 4 is 11.6 Å². The predicted molar refractivity (Wildman–Crippen MR) is 96.0 cm³/mol. The van der Waals surface area contributed by atoms with E-state index in [1.807, 2.05) is 34.9 Å². The lowest BCUT2D eigenvalue weighted by atomic mass is 10.1. The number of hydrogen-bond acceptors (Lipinski definition) is 4. The molecule has 2 aromatic carbocycles. The van der Waals surface area contributed by atoms with Crippen LogP contribution >= 0.6 is 0 Å². The Morgan fingerprint density at radius 3 is 2.56 bits per heavy atom. The molecule has 0 atom stereocenters. The van der Waals surface area contributed by atoms with Crippen molar-refractivity contribution in [3.8, 4) is 5.75 Å². The molecule has 0 radical (unpaired) electrons. The lowest BCUT2D eigenvalue weighted by Crippen LogP contribution is -2.18. The van der Waals surface area contributed by atoms with Gasteiger partial charge in [0.05, 0.1) is 24.1 Å². The highest BCUT2D eigenvalue weighted by molar-refractivity contribution is 5.76. The van der Waals surface area contributed by atoms with Gasteiger partial charge >= 0.3 is 0 Å². The lowest BCUT2D eigenvalue weighted by Gasteiger charge is -2.10. The SMILES string of the molecule is NC(=O)Cc1c(Cc2ccc(N)cc2)ncn1Cc1cccc(O)c1. The van der Waals surface area contributed by atoms with Gasteiger partial charge in [-0.05, 0) is 35.4 Å². The van der Waals surface area contributed by atoms with Crippen molar-refractivity contribution in [3.05, 3.63) is 77.4 Å². The summed E-state index contributed by atoms with van der Waals surface area (Å²) < 4.78 is 1.90. The molecule has 0 bridgehead atoms. The van der Waals surface area contributed by atoms with Crippen LogP contribution in [-0.4, -0.2) is 20.6 Å². The van der Waals surface area contributed by atoms with Gasteiger partial charge in [-0.3, -0.25) is 4.79 Å². The summed E-state index contributed by atoms with van der Waals surface area (Å²) in [6, 6.07) is 14.6. The number of aromatic hydroxyl groups is 1. The molecule has 5 N–H and O–H groups in total. The first kappa shape index (κ1) is 16.6. The Balaban J connectivity index is 1.89. The van der Waals surface area contributed by atoms with E-state index in [-0.39, 0.29) is 12.2 Å². The largest absolute Gasteiger partial charge is 0.508 e. The monoisotopic (exact) mass is 336 g/mol. The number of primary amides is 1. The first-order valence-electron chi connectivity index (χ1n) is 7.95. The van der Waals surface area contributed by atoms with Gasteiger partial charge in [-0.1, -0.05) is 24.3 Å². The van der Waals surface area contributed by atoms with Crippen molar-refractivity contribution < 1.29 is 9.90 Å². The van der Waals surface area contributed by atoms with E-state index in [0.717, 1.165) is 22.5 Å². The Bertz CT molecular complexity index is 885. The maximum Gasteiger partial charge on any atom is 0.223 e. The number of nitrogens with two attached hydrogens (primary N) is 2. The van der Waals surface area contributed by atoms with Crippen LogP contribution in [0.5, 0.6) is 5.75 Å². The molecule has 1 heterocycles. The Kier molecular flexibility index (Phi) is 4.70. The third-order valence-corrected chi connectivity index (χ3v) is 3.99. The number of benzene rings is 2. The molecular weight excluding hydrogens is 316 g/mol. The maximum absolute atomic E-state index is 11.5. The third kappa shape index (κ3) is 4.17. The number of carbonyl (C=O) groups excluding carboxylic acids is 1. The van der Waals surface area contributed by atoms with Gasteiger partial charge in [-0.2, -0.15) is 0 Å². The van der Waals surface area contributed by atoms with Gasteiger partial charge in [0.2, 0.25) is 5.91 Å². The van der Waals surface area contributed by atoms with Gasteiger partial charge in [0.25, 0.3) is 0 Å². The molecule has 6 nitrogen and oxygen atoms in total. The van der Waals surface area contributed by atoms with Crippen LogP contribution < -0.4 is 11.5 Å². The molecule has 0 aliphatic rings. The number of nitrogens with zero attached hydrogens (tertiary/aromatic N) is 2. The van der Waals surface area contributed by atoms with E-state index in [4.69, 9.17) is 11.5 Å². The number of aromatic nitrogens is 2. The van der Waals surface area contributed by atoms with Crippen molar-refractivity contribution in [2.75, 3.05) is 5.73 Å². The van der Waals surface area contributed by atoms with E-state index in [0.29, 0.717) is 18.7 Å². The normalized spacial score (nSPS) is 10.7. The zero-order chi connectivity index (χ0) is 17.8. The molecule has 25 heavy (non-hydrogen) atoms. The molecule has 1 aromatic heterocycles. The zero-order valence-electron chi connectivity index (χ0n) is 13.7. The number of phenols is 1. The number of imidazole rings is 1. The van der Waals surface area contributed by atoms with Gasteiger partial charge in [-0.15, -0.1) is 0 Å². The van der Waals surface area contributed by atoms with E-state index in [9.17, 15) is 9.90 Å². The highest BCUT2D eigenvalue weighted by atomic mass is 16.3. The van der Waals surface area contributed by atoms with Crippen LogP contribution in [0.1, 0.15) is 22.5 Å². The van der Waals surface area contributed by atoms with Crippen LogP contribution in [0.15, 0.2) is 54.9 Å². The predicted octanol–water partition coefficient (Wildman–Crippen LogP) is 1.84. The van der Waals surface area contributed by atoms with Crippen LogP contribution in [0.2, 0.25) is 0 Å². The molecule has 0 saturated heterocycles. The second-order valence-corrected chi connectivity index (χ2v) is 6.00. The Labute approximate surface area is 145 Å². The fraction of sp³-hybridized carbons (Fsp3) is 0.158. The number of anilines is 1. The average molecular weight is 336 g/mol. The highest BCUT2D eigenvalue weighted by Crippen LogP contribution is 2.18. The summed E-state index contributed by atoms with van der Waals surface area (Å²) >= 11 is 0. The topological polar surface area (TPSA) is 107 Å². The lowest BCUT2D eigenvalue weighted by molar-refractivity contribution is -0.117. The fourth-order valence-electron chi connectivity index (χ4n) is 2.78. The molecule has 0 unspecified atom stereocenters. The van der Waals surface area contributed by atoms with Crippen molar-refractivity contribution in [1.29, 1.82) is 0 Å². The molecule has 0 aliphatic heterocycles. The molecule has 3 aromatic rings. The third-order valence-electron chi connectivity index (χ3n) is 3.99. The minimum atomic E-state index is -0.406. The molecule has 0 aliphatic carbocycles. The molecule has 3 rings (SSSR count). The summed E-state index contributed by atoms with van der Waals surface area (Å²) in [5.41, 5.74) is 15.4. The molecule has 0 saturated carbocycles. The first-order chi connectivity index (χ1) is 12.0.